The van der Waals surface area contributed by atoms with Gasteiger partial charge in [-0.05, 0) is 13.8 Å². The lowest BCUT2D eigenvalue weighted by molar-refractivity contribution is 0.0583. The average Bonchev–Trinajstić information content (AvgIpc) is 2.48. The molecule has 0 aliphatic rings. The van der Waals surface area contributed by atoms with Crippen LogP contribution in [0.3, 0.4) is 0 Å². The zero-order valence-electron chi connectivity index (χ0n) is 8.43. The second kappa shape index (κ2) is 3.35. The Bertz CT molecular complexity index is 538. The summed E-state index contributed by atoms with van der Waals surface area (Å²) >= 11 is 5.00. The van der Waals surface area contributed by atoms with Crippen molar-refractivity contribution < 1.29 is 5.11 Å². The first-order valence-corrected chi connectivity index (χ1v) is 4.87. The van der Waals surface area contributed by atoms with Crippen LogP contribution in [0.25, 0.3) is 11.2 Å². The molecular formula is C8H11N5OS. The maximum absolute atomic E-state index is 9.67. The summed E-state index contributed by atoms with van der Waals surface area (Å²) in [6, 6.07) is 0. The second-order valence-corrected chi connectivity index (χ2v) is 4.35. The lowest BCUT2D eigenvalue weighted by atomic mass is 10.1. The Morgan fingerprint density at radius 2 is 2.33 bits per heavy atom. The molecular weight excluding hydrogens is 214 g/mol. The summed E-state index contributed by atoms with van der Waals surface area (Å²) in [5, 5.41) is 17.5. The molecule has 2 heterocycles. The van der Waals surface area contributed by atoms with E-state index in [2.05, 4.69) is 20.3 Å². The Balaban J connectivity index is 2.55. The molecule has 0 aliphatic heterocycles. The first-order chi connectivity index (χ1) is 6.97. The van der Waals surface area contributed by atoms with Crippen LogP contribution < -0.4 is 0 Å². The van der Waals surface area contributed by atoms with E-state index in [1.54, 1.807) is 18.5 Å². The van der Waals surface area contributed by atoms with Gasteiger partial charge in [0.15, 0.2) is 15.8 Å². The van der Waals surface area contributed by atoms with Crippen LogP contribution in [0.1, 0.15) is 13.8 Å². The summed E-state index contributed by atoms with van der Waals surface area (Å²) < 4.78 is 1.98. The van der Waals surface area contributed by atoms with E-state index >= 15 is 0 Å². The van der Waals surface area contributed by atoms with Crippen molar-refractivity contribution in [3.63, 3.8) is 0 Å². The van der Waals surface area contributed by atoms with Crippen LogP contribution in [0.15, 0.2) is 6.33 Å². The number of nitrogens with one attached hydrogen (secondary N) is 1. The molecule has 0 radical (unpaired) electrons. The predicted octanol–water partition coefficient (Wildman–Crippen LogP) is 0.655. The third-order valence-electron chi connectivity index (χ3n) is 1.86. The van der Waals surface area contributed by atoms with Crippen molar-refractivity contribution >= 4 is 23.4 Å². The number of H-pyrrole nitrogens is 1. The standard InChI is InChI=1S/C8H11N5OS/c1-8(2,14)3-13-6-5(11-12-13)7(15)10-4-9-6/h4,14H,3H2,1-2H3,(H,9,10,15). The maximum atomic E-state index is 9.67. The highest BCUT2D eigenvalue weighted by atomic mass is 32.1. The van der Waals surface area contributed by atoms with Gasteiger partial charge in [0.05, 0.1) is 18.5 Å². The molecule has 0 spiro atoms. The van der Waals surface area contributed by atoms with Gasteiger partial charge < -0.3 is 10.1 Å². The molecule has 2 rings (SSSR count). The molecule has 0 atom stereocenters. The van der Waals surface area contributed by atoms with Gasteiger partial charge in [-0.2, -0.15) is 0 Å². The van der Waals surface area contributed by atoms with E-state index in [9.17, 15) is 5.11 Å². The van der Waals surface area contributed by atoms with E-state index in [4.69, 9.17) is 12.2 Å². The number of rotatable bonds is 2. The van der Waals surface area contributed by atoms with Crippen LogP contribution >= 0.6 is 12.2 Å². The van der Waals surface area contributed by atoms with Crippen LogP contribution in [0.2, 0.25) is 0 Å². The zero-order valence-corrected chi connectivity index (χ0v) is 9.25. The minimum Gasteiger partial charge on any atom is -0.389 e. The first-order valence-electron chi connectivity index (χ1n) is 4.47. The summed E-state index contributed by atoms with van der Waals surface area (Å²) in [5.74, 6) is 0. The molecule has 6 nitrogen and oxygen atoms in total. The third kappa shape index (κ3) is 2.02. The third-order valence-corrected chi connectivity index (χ3v) is 2.16. The number of aromatic nitrogens is 5. The van der Waals surface area contributed by atoms with Gasteiger partial charge in [-0.3, -0.25) is 0 Å². The largest absolute Gasteiger partial charge is 0.389 e. The number of aliphatic hydroxyl groups is 1. The van der Waals surface area contributed by atoms with Crippen molar-refractivity contribution in [3.8, 4) is 0 Å². The fourth-order valence-corrected chi connectivity index (χ4v) is 1.48. The number of aromatic amines is 1. The van der Waals surface area contributed by atoms with Gasteiger partial charge in [-0.25, -0.2) is 9.67 Å². The number of hydrogen-bond acceptors (Lipinski definition) is 5. The van der Waals surface area contributed by atoms with E-state index in [0.29, 0.717) is 22.3 Å². The van der Waals surface area contributed by atoms with Gasteiger partial charge in [0.2, 0.25) is 0 Å². The predicted molar refractivity (Wildman–Crippen MR) is 56.8 cm³/mol. The van der Waals surface area contributed by atoms with Crippen LogP contribution in [0, 0.1) is 4.64 Å². The highest BCUT2D eigenvalue weighted by molar-refractivity contribution is 7.71. The van der Waals surface area contributed by atoms with Crippen molar-refractivity contribution in [1.82, 2.24) is 25.0 Å². The van der Waals surface area contributed by atoms with Crippen LogP contribution in [0.5, 0.6) is 0 Å². The quantitative estimate of drug-likeness (QED) is 0.734. The van der Waals surface area contributed by atoms with Gasteiger partial charge >= 0.3 is 0 Å². The summed E-state index contributed by atoms with van der Waals surface area (Å²) in [6.07, 6.45) is 1.49. The Morgan fingerprint density at radius 1 is 1.60 bits per heavy atom. The van der Waals surface area contributed by atoms with Crippen molar-refractivity contribution in [2.75, 3.05) is 0 Å². The molecule has 2 aromatic heterocycles. The van der Waals surface area contributed by atoms with Crippen LogP contribution in [-0.4, -0.2) is 35.7 Å². The highest BCUT2D eigenvalue weighted by Crippen LogP contribution is 2.11. The molecule has 2 N–H and O–H groups in total. The molecule has 0 bridgehead atoms. The molecule has 0 fully saturated rings. The molecule has 7 heteroatoms. The van der Waals surface area contributed by atoms with Crippen molar-refractivity contribution in [2.45, 2.75) is 26.0 Å². The minimum absolute atomic E-state index is 0.346. The first kappa shape index (κ1) is 10.2. The maximum Gasteiger partial charge on any atom is 0.166 e. The molecule has 0 amide bonds. The molecule has 0 unspecified atom stereocenters. The van der Waals surface area contributed by atoms with Gasteiger partial charge in [-0.15, -0.1) is 5.10 Å². The zero-order chi connectivity index (χ0) is 11.1. The fraction of sp³-hybridized carbons (Fsp3) is 0.500. The van der Waals surface area contributed by atoms with Gasteiger partial charge in [0.1, 0.15) is 0 Å². The minimum atomic E-state index is -0.848. The molecule has 80 valence electrons. The smallest absolute Gasteiger partial charge is 0.166 e. The number of fused-ring (bicyclic) bond motifs is 1. The fourth-order valence-electron chi connectivity index (χ4n) is 1.29. The number of nitrogens with zero attached hydrogens (tertiary/aromatic N) is 4. The normalized spacial score (nSPS) is 12.2. The van der Waals surface area contributed by atoms with E-state index in [1.165, 1.54) is 6.33 Å². The molecule has 2 aromatic rings. The van der Waals surface area contributed by atoms with Gasteiger partial charge in [0.25, 0.3) is 0 Å². The summed E-state index contributed by atoms with van der Waals surface area (Å²) in [6.45, 7) is 3.76. The highest BCUT2D eigenvalue weighted by Gasteiger charge is 2.16. The Hall–Kier alpha value is -1.34. The molecule has 0 aliphatic carbocycles. The lowest BCUT2D eigenvalue weighted by Crippen LogP contribution is -2.26. The Kier molecular flexibility index (Phi) is 2.28. The van der Waals surface area contributed by atoms with E-state index in [-0.39, 0.29) is 0 Å². The summed E-state index contributed by atoms with van der Waals surface area (Å²) in [4.78, 5) is 6.81. The van der Waals surface area contributed by atoms with E-state index < -0.39 is 5.60 Å². The summed E-state index contributed by atoms with van der Waals surface area (Å²) in [7, 11) is 0. The molecule has 0 saturated carbocycles. The monoisotopic (exact) mass is 225 g/mol. The van der Waals surface area contributed by atoms with Crippen LogP contribution in [0.4, 0.5) is 0 Å². The topological polar surface area (TPSA) is 79.6 Å². The average molecular weight is 225 g/mol. The van der Waals surface area contributed by atoms with Gasteiger partial charge in [0, 0.05) is 0 Å². The summed E-state index contributed by atoms with van der Waals surface area (Å²) in [5.41, 5.74) is 0.383. The van der Waals surface area contributed by atoms with E-state index in [0.717, 1.165) is 0 Å². The van der Waals surface area contributed by atoms with E-state index in [1.807, 2.05) is 0 Å². The SMILES string of the molecule is CC(C)(O)Cn1nnc2c(=S)nc[nH]c21. The number of hydrogen-bond donors (Lipinski definition) is 2. The Labute approximate surface area is 91.0 Å². The molecule has 0 aromatic carbocycles. The van der Waals surface area contributed by atoms with Crippen molar-refractivity contribution in [3.05, 3.63) is 11.0 Å². The molecule has 15 heavy (non-hydrogen) atoms. The second-order valence-electron chi connectivity index (χ2n) is 3.96. The molecule has 0 saturated heterocycles. The Morgan fingerprint density at radius 3 is 3.00 bits per heavy atom. The van der Waals surface area contributed by atoms with Gasteiger partial charge in [-0.1, -0.05) is 17.4 Å². The lowest BCUT2D eigenvalue weighted by Gasteiger charge is -2.16. The van der Waals surface area contributed by atoms with Crippen LogP contribution in [-0.2, 0) is 6.54 Å². The van der Waals surface area contributed by atoms with Crippen molar-refractivity contribution in [2.24, 2.45) is 0 Å². The van der Waals surface area contributed by atoms with Crippen molar-refractivity contribution in [1.29, 1.82) is 0 Å².